The van der Waals surface area contributed by atoms with Gasteiger partial charge in [0.15, 0.2) is 0 Å². The van der Waals surface area contributed by atoms with Gasteiger partial charge in [-0.15, -0.1) is 0 Å². The van der Waals surface area contributed by atoms with Crippen LogP contribution in [0.1, 0.15) is 11.6 Å². The lowest BCUT2D eigenvalue weighted by Crippen LogP contribution is -2.16. The van der Waals surface area contributed by atoms with Crippen LogP contribution in [-0.2, 0) is 4.74 Å². The van der Waals surface area contributed by atoms with Gasteiger partial charge in [-0.1, -0.05) is 48.5 Å². The Morgan fingerprint density at radius 3 is 2.12 bits per heavy atom. The molecule has 0 saturated carbocycles. The molecule has 2 aromatic carbocycles. The maximum absolute atomic E-state index is 5.27. The van der Waals surface area contributed by atoms with Crippen LogP contribution in [0.25, 0.3) is 0 Å². The highest BCUT2D eigenvalue weighted by atomic mass is 16.5. The molecule has 0 amide bonds. The third-order valence-electron chi connectivity index (χ3n) is 2.65. The summed E-state index contributed by atoms with van der Waals surface area (Å²) in [5.41, 5.74) is 2.34. The van der Waals surface area contributed by atoms with E-state index in [0.717, 1.165) is 5.69 Å². The quantitative estimate of drug-likeness (QED) is 0.844. The standard InChI is InChI=1S/C15H17NO/c1-17-12-15(13-8-4-2-5-9-13)16-14-10-6-3-7-11-14/h2-11,15-16H,12H2,1H3. The minimum absolute atomic E-state index is 0.184. The van der Waals surface area contributed by atoms with Crippen LogP contribution in [0.4, 0.5) is 5.69 Å². The molecule has 1 N–H and O–H groups in total. The van der Waals surface area contributed by atoms with E-state index in [1.807, 2.05) is 36.4 Å². The Morgan fingerprint density at radius 2 is 1.53 bits per heavy atom. The molecule has 2 rings (SSSR count). The van der Waals surface area contributed by atoms with Crippen molar-refractivity contribution in [2.24, 2.45) is 0 Å². The van der Waals surface area contributed by atoms with Gasteiger partial charge in [0.1, 0.15) is 0 Å². The third-order valence-corrected chi connectivity index (χ3v) is 2.65. The fourth-order valence-corrected chi connectivity index (χ4v) is 1.81. The highest BCUT2D eigenvalue weighted by molar-refractivity contribution is 5.45. The zero-order valence-electron chi connectivity index (χ0n) is 9.97. The molecule has 0 aromatic heterocycles. The molecule has 0 aliphatic carbocycles. The predicted octanol–water partition coefficient (Wildman–Crippen LogP) is 3.49. The second-order valence-corrected chi connectivity index (χ2v) is 3.93. The maximum atomic E-state index is 5.27. The summed E-state index contributed by atoms with van der Waals surface area (Å²) in [5.74, 6) is 0. The van der Waals surface area contributed by atoms with Gasteiger partial charge in [-0.3, -0.25) is 0 Å². The number of rotatable bonds is 5. The van der Waals surface area contributed by atoms with E-state index >= 15 is 0 Å². The molecule has 0 aliphatic rings. The number of benzene rings is 2. The van der Waals surface area contributed by atoms with E-state index in [4.69, 9.17) is 4.74 Å². The van der Waals surface area contributed by atoms with Gasteiger partial charge in [0.2, 0.25) is 0 Å². The van der Waals surface area contributed by atoms with Crippen LogP contribution >= 0.6 is 0 Å². The van der Waals surface area contributed by atoms with E-state index < -0.39 is 0 Å². The highest BCUT2D eigenvalue weighted by Crippen LogP contribution is 2.19. The fourth-order valence-electron chi connectivity index (χ4n) is 1.81. The number of anilines is 1. The van der Waals surface area contributed by atoms with Gasteiger partial charge >= 0.3 is 0 Å². The first-order valence-corrected chi connectivity index (χ1v) is 5.75. The summed E-state index contributed by atoms with van der Waals surface area (Å²) in [6.07, 6.45) is 0. The average Bonchev–Trinajstić information content (AvgIpc) is 2.40. The van der Waals surface area contributed by atoms with Gasteiger partial charge in [0.25, 0.3) is 0 Å². The van der Waals surface area contributed by atoms with E-state index in [9.17, 15) is 0 Å². The molecular weight excluding hydrogens is 210 g/mol. The van der Waals surface area contributed by atoms with E-state index in [2.05, 4.69) is 29.6 Å². The summed E-state index contributed by atoms with van der Waals surface area (Å²) >= 11 is 0. The van der Waals surface area contributed by atoms with Gasteiger partial charge in [0, 0.05) is 12.8 Å². The van der Waals surface area contributed by atoms with Crippen molar-refractivity contribution in [2.75, 3.05) is 19.0 Å². The van der Waals surface area contributed by atoms with Crippen molar-refractivity contribution in [2.45, 2.75) is 6.04 Å². The van der Waals surface area contributed by atoms with Crippen molar-refractivity contribution in [3.05, 3.63) is 66.2 Å². The smallest absolute Gasteiger partial charge is 0.0747 e. The largest absolute Gasteiger partial charge is 0.382 e. The molecule has 88 valence electrons. The molecule has 2 nitrogen and oxygen atoms in total. The number of hydrogen-bond donors (Lipinski definition) is 1. The molecule has 2 aromatic rings. The molecule has 0 fully saturated rings. The monoisotopic (exact) mass is 227 g/mol. The van der Waals surface area contributed by atoms with Crippen molar-refractivity contribution < 1.29 is 4.74 Å². The van der Waals surface area contributed by atoms with Crippen molar-refractivity contribution in [1.29, 1.82) is 0 Å². The molecule has 0 saturated heterocycles. The Bertz CT molecular complexity index is 427. The number of hydrogen-bond acceptors (Lipinski definition) is 2. The van der Waals surface area contributed by atoms with Crippen LogP contribution < -0.4 is 5.32 Å². The number of nitrogens with one attached hydrogen (secondary N) is 1. The molecule has 1 unspecified atom stereocenters. The minimum Gasteiger partial charge on any atom is -0.382 e. The van der Waals surface area contributed by atoms with Gasteiger partial charge in [-0.2, -0.15) is 0 Å². The molecule has 0 radical (unpaired) electrons. The van der Waals surface area contributed by atoms with Crippen LogP contribution in [-0.4, -0.2) is 13.7 Å². The third kappa shape index (κ3) is 3.33. The van der Waals surface area contributed by atoms with E-state index in [1.54, 1.807) is 7.11 Å². The first kappa shape index (κ1) is 11.7. The summed E-state index contributed by atoms with van der Waals surface area (Å²) in [7, 11) is 1.72. The Kier molecular flexibility index (Phi) is 4.17. The zero-order valence-corrected chi connectivity index (χ0v) is 9.97. The SMILES string of the molecule is COCC(Nc1ccccc1)c1ccccc1. The molecule has 2 heteroatoms. The second kappa shape index (κ2) is 6.06. The molecule has 0 aliphatic heterocycles. The maximum Gasteiger partial charge on any atom is 0.0747 e. The summed E-state index contributed by atoms with van der Waals surface area (Å²) in [6.45, 7) is 0.652. The minimum atomic E-state index is 0.184. The molecule has 0 bridgehead atoms. The molecule has 0 heterocycles. The van der Waals surface area contributed by atoms with Crippen LogP contribution in [0, 0.1) is 0 Å². The number of para-hydroxylation sites is 1. The fraction of sp³-hybridized carbons (Fsp3) is 0.200. The van der Waals surface area contributed by atoms with Gasteiger partial charge in [0.05, 0.1) is 12.6 Å². The summed E-state index contributed by atoms with van der Waals surface area (Å²) in [4.78, 5) is 0. The van der Waals surface area contributed by atoms with Crippen LogP contribution in [0.2, 0.25) is 0 Å². The summed E-state index contributed by atoms with van der Waals surface area (Å²) < 4.78 is 5.27. The van der Waals surface area contributed by atoms with Crippen molar-refractivity contribution in [3.8, 4) is 0 Å². The Hall–Kier alpha value is -1.80. The molecular formula is C15H17NO. The van der Waals surface area contributed by atoms with Crippen LogP contribution in [0.15, 0.2) is 60.7 Å². The van der Waals surface area contributed by atoms with Gasteiger partial charge < -0.3 is 10.1 Å². The lowest BCUT2D eigenvalue weighted by Gasteiger charge is -2.19. The number of ether oxygens (including phenoxy) is 1. The van der Waals surface area contributed by atoms with Crippen LogP contribution in [0.3, 0.4) is 0 Å². The van der Waals surface area contributed by atoms with Crippen molar-refractivity contribution in [3.63, 3.8) is 0 Å². The Labute approximate surface area is 102 Å². The Morgan fingerprint density at radius 1 is 0.941 bits per heavy atom. The van der Waals surface area contributed by atoms with E-state index in [0.29, 0.717) is 6.61 Å². The van der Waals surface area contributed by atoms with Crippen molar-refractivity contribution >= 4 is 5.69 Å². The molecule has 0 spiro atoms. The van der Waals surface area contributed by atoms with E-state index in [-0.39, 0.29) is 6.04 Å². The van der Waals surface area contributed by atoms with E-state index in [1.165, 1.54) is 5.56 Å². The molecule has 1 atom stereocenters. The lowest BCUT2D eigenvalue weighted by molar-refractivity contribution is 0.186. The Balaban J connectivity index is 2.13. The highest BCUT2D eigenvalue weighted by Gasteiger charge is 2.09. The van der Waals surface area contributed by atoms with Crippen LogP contribution in [0.5, 0.6) is 0 Å². The lowest BCUT2D eigenvalue weighted by atomic mass is 10.1. The first-order valence-electron chi connectivity index (χ1n) is 5.75. The second-order valence-electron chi connectivity index (χ2n) is 3.93. The predicted molar refractivity (Wildman–Crippen MR) is 71.1 cm³/mol. The number of methoxy groups -OCH3 is 1. The zero-order chi connectivity index (χ0) is 11.9. The van der Waals surface area contributed by atoms with Crippen molar-refractivity contribution in [1.82, 2.24) is 0 Å². The van der Waals surface area contributed by atoms with Gasteiger partial charge in [-0.25, -0.2) is 0 Å². The summed E-state index contributed by atoms with van der Waals surface area (Å²) in [5, 5.41) is 3.47. The first-order chi connectivity index (χ1) is 8.40. The average molecular weight is 227 g/mol. The molecule has 17 heavy (non-hydrogen) atoms. The normalized spacial score (nSPS) is 12.1. The van der Waals surface area contributed by atoms with Gasteiger partial charge in [-0.05, 0) is 17.7 Å². The summed E-state index contributed by atoms with van der Waals surface area (Å²) in [6, 6.07) is 20.7. The topological polar surface area (TPSA) is 21.3 Å².